The first kappa shape index (κ1) is 10.9. The molecule has 0 spiro atoms. The molecular weight excluding hydrogens is 230 g/mol. The Hall–Kier alpha value is -0.180. The number of hydrogen-bond acceptors (Lipinski definition) is 4. The van der Waals surface area contributed by atoms with Gasteiger partial charge < -0.3 is 4.55 Å². The average Bonchev–Trinajstić information content (AvgIpc) is 2.02. The summed E-state index contributed by atoms with van der Waals surface area (Å²) in [6.45, 7) is 0. The van der Waals surface area contributed by atoms with Crippen LogP contribution in [-0.2, 0) is 19.4 Å². The van der Waals surface area contributed by atoms with E-state index < -0.39 is 9.05 Å². The van der Waals surface area contributed by atoms with Gasteiger partial charge >= 0.3 is 0 Å². The molecule has 0 aliphatic heterocycles. The van der Waals surface area contributed by atoms with Crippen molar-refractivity contribution in [3.05, 3.63) is 24.3 Å². The van der Waals surface area contributed by atoms with Gasteiger partial charge in [-0.2, -0.15) is 4.21 Å². The molecule has 0 saturated heterocycles. The van der Waals surface area contributed by atoms with Crippen LogP contribution in [0.15, 0.2) is 34.1 Å². The number of nitrogens with two attached hydrogens (primary N) is 1. The van der Waals surface area contributed by atoms with Crippen LogP contribution in [0.4, 0.5) is 0 Å². The van der Waals surface area contributed by atoms with Crippen molar-refractivity contribution in [3.8, 4) is 0 Å². The van der Waals surface area contributed by atoms with E-state index in [0.717, 1.165) is 11.9 Å². The zero-order valence-electron chi connectivity index (χ0n) is 6.38. The van der Waals surface area contributed by atoms with Crippen LogP contribution >= 0.6 is 11.9 Å². The van der Waals surface area contributed by atoms with Gasteiger partial charge in [0.1, 0.15) is 0 Å². The number of rotatable bonds is 2. The van der Waals surface area contributed by atoms with Gasteiger partial charge in [0.2, 0.25) is 0 Å². The Morgan fingerprint density at radius 1 is 1.54 bits per heavy atom. The fraction of sp³-hybridized carbons (Fsp3) is 0. The molecule has 0 fully saturated rings. The summed E-state index contributed by atoms with van der Waals surface area (Å²) in [6, 6.07) is 6.67. The summed E-state index contributed by atoms with van der Waals surface area (Å²) < 4.78 is 29.7. The molecular formula is C6H7NO3S3. The van der Waals surface area contributed by atoms with Gasteiger partial charge in [-0.1, -0.05) is 12.1 Å². The summed E-state index contributed by atoms with van der Waals surface area (Å²) in [5.74, 6) is 0. The molecule has 1 rings (SSSR count). The van der Waals surface area contributed by atoms with Crippen LogP contribution in [0.2, 0.25) is 0 Å². The molecule has 1 atom stereocenters. The van der Waals surface area contributed by atoms with Crippen LogP contribution in [0.3, 0.4) is 0 Å². The average molecular weight is 237 g/mol. The van der Waals surface area contributed by atoms with Crippen LogP contribution in [0.25, 0.3) is 0 Å². The molecule has 72 valence electrons. The van der Waals surface area contributed by atoms with Crippen molar-refractivity contribution in [2.45, 2.75) is 9.79 Å². The van der Waals surface area contributed by atoms with Crippen LogP contribution in [0.5, 0.6) is 0 Å². The summed E-state index contributed by atoms with van der Waals surface area (Å²) in [7, 11) is -3.68. The predicted octanol–water partition coefficient (Wildman–Crippen LogP) is 0.897. The molecule has 1 unspecified atom stereocenters. The Morgan fingerprint density at radius 3 is 2.69 bits per heavy atom. The predicted molar refractivity (Wildman–Crippen MR) is 53.7 cm³/mol. The van der Waals surface area contributed by atoms with Gasteiger partial charge in [-0.25, -0.2) is 0 Å². The highest BCUT2D eigenvalue weighted by Crippen LogP contribution is 2.18. The highest BCUT2D eigenvalue weighted by Gasteiger charge is 2.12. The normalized spacial score (nSPS) is 15.0. The lowest BCUT2D eigenvalue weighted by Crippen LogP contribution is -1.97. The van der Waals surface area contributed by atoms with Crippen LogP contribution in [-0.4, -0.2) is 13.3 Å². The van der Waals surface area contributed by atoms with E-state index in [1.165, 1.54) is 0 Å². The molecule has 3 N–H and O–H groups in total. The van der Waals surface area contributed by atoms with Crippen LogP contribution in [0.1, 0.15) is 0 Å². The SMILES string of the molecule is NSc1ccccc1[S+]=S(=O)([O-])O. The van der Waals surface area contributed by atoms with Crippen molar-refractivity contribution in [2.75, 3.05) is 0 Å². The Balaban J connectivity index is 3.23. The standard InChI is InChI=1S/C6H7NO3S3/c7-11-5-3-1-2-4-6(5)12-13(8,9)10/h1-4H,7H2,(H-,8,9,10). The second-order valence-electron chi connectivity index (χ2n) is 2.08. The van der Waals surface area contributed by atoms with Gasteiger partial charge in [0.05, 0.1) is 4.90 Å². The van der Waals surface area contributed by atoms with Crippen molar-refractivity contribution in [1.82, 2.24) is 0 Å². The van der Waals surface area contributed by atoms with Gasteiger partial charge in [0.15, 0.2) is 0 Å². The summed E-state index contributed by atoms with van der Waals surface area (Å²) in [5.41, 5.74) is 0. The number of hydrogen-bond donors (Lipinski definition) is 2. The molecule has 1 aromatic carbocycles. The maximum atomic E-state index is 10.5. The van der Waals surface area contributed by atoms with Gasteiger partial charge in [0.25, 0.3) is 24.3 Å². The van der Waals surface area contributed by atoms with Crippen LogP contribution in [0, 0.1) is 0 Å². The lowest BCUT2D eigenvalue weighted by molar-refractivity contribution is 0.432. The molecule has 0 aromatic heterocycles. The summed E-state index contributed by atoms with van der Waals surface area (Å²) in [4.78, 5) is 1.04. The Bertz CT molecular complexity index is 403. The minimum absolute atomic E-state index is 0.379. The lowest BCUT2D eigenvalue weighted by atomic mass is 10.4. The molecule has 0 amide bonds. The van der Waals surface area contributed by atoms with E-state index in [9.17, 15) is 8.76 Å². The molecule has 1 aromatic rings. The third-order valence-electron chi connectivity index (χ3n) is 1.17. The minimum atomic E-state index is -4.06. The fourth-order valence-electron chi connectivity index (χ4n) is 0.730. The van der Waals surface area contributed by atoms with Crippen molar-refractivity contribution in [2.24, 2.45) is 5.14 Å². The van der Waals surface area contributed by atoms with Crippen molar-refractivity contribution >= 4 is 31.3 Å². The second kappa shape index (κ2) is 4.36. The molecule has 0 heterocycles. The molecule has 0 bridgehead atoms. The molecule has 0 saturated carbocycles. The van der Waals surface area contributed by atoms with Crippen molar-refractivity contribution < 1.29 is 13.3 Å². The maximum absolute atomic E-state index is 10.5. The maximum Gasteiger partial charge on any atom is 0.298 e. The van der Waals surface area contributed by atoms with Crippen molar-refractivity contribution in [3.63, 3.8) is 0 Å². The van der Waals surface area contributed by atoms with Gasteiger partial charge in [-0.15, -0.1) is 0 Å². The highest BCUT2D eigenvalue weighted by atomic mass is 32.9. The topological polar surface area (TPSA) is 86.4 Å². The minimum Gasteiger partial charge on any atom is -0.712 e. The third-order valence-corrected chi connectivity index (χ3v) is 3.83. The second-order valence-corrected chi connectivity index (χ2v) is 5.98. The van der Waals surface area contributed by atoms with E-state index in [4.69, 9.17) is 9.69 Å². The summed E-state index contributed by atoms with van der Waals surface area (Å²) in [6.07, 6.45) is 0. The highest BCUT2D eigenvalue weighted by molar-refractivity contribution is 8.34. The van der Waals surface area contributed by atoms with E-state index in [0.29, 0.717) is 20.1 Å². The van der Waals surface area contributed by atoms with E-state index in [1.54, 1.807) is 24.3 Å². The zero-order chi connectivity index (χ0) is 9.90. The largest absolute Gasteiger partial charge is 0.712 e. The summed E-state index contributed by atoms with van der Waals surface area (Å²) >= 11 is 0.940. The third kappa shape index (κ3) is 3.59. The van der Waals surface area contributed by atoms with E-state index in [-0.39, 0.29) is 0 Å². The van der Waals surface area contributed by atoms with Gasteiger partial charge in [0, 0.05) is 6.07 Å². The van der Waals surface area contributed by atoms with Crippen molar-refractivity contribution in [1.29, 1.82) is 0 Å². The Kier molecular flexibility index (Phi) is 3.65. The molecule has 13 heavy (non-hydrogen) atoms. The smallest absolute Gasteiger partial charge is 0.298 e. The number of benzene rings is 1. The van der Waals surface area contributed by atoms with E-state index >= 15 is 0 Å². The monoisotopic (exact) mass is 237 g/mol. The van der Waals surface area contributed by atoms with E-state index in [2.05, 4.69) is 0 Å². The molecule has 0 aliphatic carbocycles. The first-order chi connectivity index (χ1) is 6.03. The Labute approximate surface area is 84.0 Å². The van der Waals surface area contributed by atoms with Crippen LogP contribution < -0.4 is 5.14 Å². The first-order valence-corrected chi connectivity index (χ1v) is 6.81. The fourth-order valence-corrected chi connectivity index (χ4v) is 3.13. The Morgan fingerprint density at radius 2 is 2.15 bits per heavy atom. The lowest BCUT2D eigenvalue weighted by Gasteiger charge is -1.94. The summed E-state index contributed by atoms with van der Waals surface area (Å²) in [5, 5.41) is 5.30. The zero-order valence-corrected chi connectivity index (χ0v) is 8.82. The molecule has 4 nitrogen and oxygen atoms in total. The molecule has 0 radical (unpaired) electrons. The molecule has 0 aliphatic rings. The molecule has 7 heteroatoms. The van der Waals surface area contributed by atoms with Gasteiger partial charge in [-0.3, -0.25) is 9.69 Å². The van der Waals surface area contributed by atoms with Gasteiger partial charge in [-0.05, 0) is 18.0 Å². The quantitative estimate of drug-likeness (QED) is 0.589. The first-order valence-electron chi connectivity index (χ1n) is 3.15. The van der Waals surface area contributed by atoms with E-state index in [1.807, 2.05) is 0 Å².